The molecule has 1 aromatic heterocycles. The molecule has 0 saturated heterocycles. The zero-order valence-corrected chi connectivity index (χ0v) is 14.8. The predicted octanol–water partition coefficient (Wildman–Crippen LogP) is 2.73. The lowest BCUT2D eigenvalue weighted by Crippen LogP contribution is -2.39. The highest BCUT2D eigenvalue weighted by Crippen LogP contribution is 2.40. The molecular formula is C19H25N3O2. The Bertz CT molecular complexity index is 822. The molecule has 0 saturated carbocycles. The normalized spacial score (nSPS) is 15.1. The fourth-order valence-corrected chi connectivity index (χ4v) is 3.58. The van der Waals surface area contributed by atoms with E-state index in [9.17, 15) is 4.79 Å². The predicted molar refractivity (Wildman–Crippen MR) is 96.6 cm³/mol. The van der Waals surface area contributed by atoms with E-state index in [2.05, 4.69) is 25.2 Å². The molecule has 0 unspecified atom stereocenters. The monoisotopic (exact) mass is 327 g/mol. The van der Waals surface area contributed by atoms with Gasteiger partial charge in [-0.05, 0) is 25.8 Å². The molecule has 3 rings (SSSR count). The van der Waals surface area contributed by atoms with Crippen molar-refractivity contribution in [2.24, 2.45) is 0 Å². The van der Waals surface area contributed by atoms with Crippen molar-refractivity contribution in [3.8, 4) is 11.3 Å². The van der Waals surface area contributed by atoms with E-state index in [1.165, 1.54) is 5.56 Å². The third-order valence-electron chi connectivity index (χ3n) is 4.61. The molecule has 0 spiro atoms. The van der Waals surface area contributed by atoms with E-state index in [0.29, 0.717) is 12.5 Å². The number of aromatic nitrogens is 2. The summed E-state index contributed by atoms with van der Waals surface area (Å²) in [5.74, 6) is 0.523. The molecule has 128 valence electrons. The molecular weight excluding hydrogens is 302 g/mol. The lowest BCUT2D eigenvalue weighted by atomic mass is 9.72. The summed E-state index contributed by atoms with van der Waals surface area (Å²) in [6.45, 7) is 8.52. The summed E-state index contributed by atoms with van der Waals surface area (Å²) in [5, 5.41) is 12.2. The van der Waals surface area contributed by atoms with E-state index in [0.717, 1.165) is 23.2 Å². The minimum atomic E-state index is -0.264. The maximum atomic E-state index is 13.3. The van der Waals surface area contributed by atoms with Crippen molar-refractivity contribution in [3.63, 3.8) is 0 Å². The number of nitrogens with one attached hydrogen (secondary N) is 1. The SMILES string of the molecule is CC(C)n1c(NCCO)nc2c(c1=O)C(C)(C)Cc1ccccc1-2. The first-order chi connectivity index (χ1) is 11.4. The second kappa shape index (κ2) is 6.06. The lowest BCUT2D eigenvalue weighted by Gasteiger charge is -2.34. The van der Waals surface area contributed by atoms with Crippen molar-refractivity contribution in [3.05, 3.63) is 45.7 Å². The van der Waals surface area contributed by atoms with Crippen LogP contribution < -0.4 is 10.9 Å². The van der Waals surface area contributed by atoms with Crippen LogP contribution in [0.3, 0.4) is 0 Å². The van der Waals surface area contributed by atoms with E-state index >= 15 is 0 Å². The molecule has 2 N–H and O–H groups in total. The van der Waals surface area contributed by atoms with Gasteiger partial charge in [-0.25, -0.2) is 4.98 Å². The smallest absolute Gasteiger partial charge is 0.259 e. The Morgan fingerprint density at radius 1 is 1.33 bits per heavy atom. The number of aliphatic hydroxyl groups is 1. The Labute approximate surface area is 142 Å². The average Bonchev–Trinajstić information content (AvgIpc) is 2.51. The van der Waals surface area contributed by atoms with Gasteiger partial charge in [0.05, 0.1) is 12.3 Å². The molecule has 0 bridgehead atoms. The standard InChI is InChI=1S/C19H25N3O2/c1-12(2)22-17(24)15-16(21-18(22)20-9-10-23)14-8-6-5-7-13(14)11-19(15,3)4/h5-8,12,23H,9-11H2,1-4H3,(H,20,21). The van der Waals surface area contributed by atoms with E-state index in [4.69, 9.17) is 10.1 Å². The number of fused-ring (bicyclic) bond motifs is 3. The summed E-state index contributed by atoms with van der Waals surface area (Å²) < 4.78 is 1.70. The molecule has 1 aliphatic carbocycles. The van der Waals surface area contributed by atoms with Gasteiger partial charge in [-0.2, -0.15) is 0 Å². The van der Waals surface area contributed by atoms with Gasteiger partial charge in [-0.3, -0.25) is 9.36 Å². The summed E-state index contributed by atoms with van der Waals surface area (Å²) in [7, 11) is 0. The average molecular weight is 327 g/mol. The maximum absolute atomic E-state index is 13.3. The summed E-state index contributed by atoms with van der Waals surface area (Å²) in [4.78, 5) is 18.1. The molecule has 0 aliphatic heterocycles. The van der Waals surface area contributed by atoms with Crippen LogP contribution in [0.2, 0.25) is 0 Å². The molecule has 1 aromatic carbocycles. The number of anilines is 1. The molecule has 0 amide bonds. The minimum Gasteiger partial charge on any atom is -0.395 e. The quantitative estimate of drug-likeness (QED) is 0.906. The largest absolute Gasteiger partial charge is 0.395 e. The van der Waals surface area contributed by atoms with Crippen LogP contribution in [-0.4, -0.2) is 27.8 Å². The fourth-order valence-electron chi connectivity index (χ4n) is 3.58. The Morgan fingerprint density at radius 3 is 2.71 bits per heavy atom. The van der Waals surface area contributed by atoms with Crippen LogP contribution in [0.15, 0.2) is 29.1 Å². The molecule has 1 heterocycles. The number of aliphatic hydroxyl groups excluding tert-OH is 1. The van der Waals surface area contributed by atoms with Crippen molar-refractivity contribution in [1.29, 1.82) is 0 Å². The summed E-state index contributed by atoms with van der Waals surface area (Å²) in [6.07, 6.45) is 0.828. The molecule has 2 aromatic rings. The number of hydrogen-bond donors (Lipinski definition) is 2. The van der Waals surface area contributed by atoms with Gasteiger partial charge in [0.25, 0.3) is 5.56 Å². The van der Waals surface area contributed by atoms with Crippen LogP contribution in [0.4, 0.5) is 5.95 Å². The number of nitrogens with zero attached hydrogens (tertiary/aromatic N) is 2. The van der Waals surface area contributed by atoms with Crippen LogP contribution in [0.5, 0.6) is 0 Å². The van der Waals surface area contributed by atoms with Gasteiger partial charge in [0.2, 0.25) is 5.95 Å². The van der Waals surface area contributed by atoms with Crippen molar-refractivity contribution >= 4 is 5.95 Å². The van der Waals surface area contributed by atoms with Crippen LogP contribution in [-0.2, 0) is 11.8 Å². The first-order valence-electron chi connectivity index (χ1n) is 8.47. The maximum Gasteiger partial charge on any atom is 0.259 e. The lowest BCUT2D eigenvalue weighted by molar-refractivity contribution is 0.310. The molecule has 24 heavy (non-hydrogen) atoms. The highest BCUT2D eigenvalue weighted by atomic mass is 16.3. The summed E-state index contributed by atoms with van der Waals surface area (Å²) in [5.41, 5.74) is 3.55. The van der Waals surface area contributed by atoms with Crippen LogP contribution in [0.25, 0.3) is 11.3 Å². The third-order valence-corrected chi connectivity index (χ3v) is 4.61. The van der Waals surface area contributed by atoms with E-state index in [1.807, 2.05) is 32.0 Å². The minimum absolute atomic E-state index is 0.00681. The molecule has 0 fully saturated rings. The van der Waals surface area contributed by atoms with E-state index in [1.54, 1.807) is 4.57 Å². The van der Waals surface area contributed by atoms with Gasteiger partial charge in [-0.15, -0.1) is 0 Å². The Kier molecular flexibility index (Phi) is 4.22. The van der Waals surface area contributed by atoms with Crippen molar-refractivity contribution in [2.75, 3.05) is 18.5 Å². The summed E-state index contributed by atoms with van der Waals surface area (Å²) >= 11 is 0. The second-order valence-corrected chi connectivity index (χ2v) is 7.30. The van der Waals surface area contributed by atoms with Crippen molar-refractivity contribution < 1.29 is 5.11 Å². The zero-order valence-electron chi connectivity index (χ0n) is 14.8. The molecule has 5 nitrogen and oxygen atoms in total. The van der Waals surface area contributed by atoms with Crippen molar-refractivity contribution in [2.45, 2.75) is 45.6 Å². The second-order valence-electron chi connectivity index (χ2n) is 7.30. The van der Waals surface area contributed by atoms with Gasteiger partial charge in [0.1, 0.15) is 0 Å². The van der Waals surface area contributed by atoms with E-state index < -0.39 is 0 Å². The molecule has 5 heteroatoms. The molecule has 0 atom stereocenters. The van der Waals surface area contributed by atoms with Crippen LogP contribution in [0.1, 0.15) is 44.9 Å². The van der Waals surface area contributed by atoms with Gasteiger partial charge in [0.15, 0.2) is 0 Å². The van der Waals surface area contributed by atoms with Crippen molar-refractivity contribution in [1.82, 2.24) is 9.55 Å². The Morgan fingerprint density at radius 2 is 2.04 bits per heavy atom. The van der Waals surface area contributed by atoms with Gasteiger partial charge >= 0.3 is 0 Å². The highest BCUT2D eigenvalue weighted by Gasteiger charge is 2.36. The Balaban J connectivity index is 2.33. The summed E-state index contributed by atoms with van der Waals surface area (Å²) in [6, 6.07) is 8.14. The topological polar surface area (TPSA) is 67.2 Å². The third kappa shape index (κ3) is 2.63. The van der Waals surface area contributed by atoms with Gasteiger partial charge < -0.3 is 10.4 Å². The van der Waals surface area contributed by atoms with Gasteiger partial charge in [0, 0.05) is 29.1 Å². The van der Waals surface area contributed by atoms with Crippen LogP contribution >= 0.6 is 0 Å². The number of benzene rings is 1. The highest BCUT2D eigenvalue weighted by molar-refractivity contribution is 5.72. The van der Waals surface area contributed by atoms with E-state index in [-0.39, 0.29) is 23.6 Å². The number of rotatable bonds is 4. The fraction of sp³-hybridized carbons (Fsp3) is 0.474. The zero-order chi connectivity index (χ0) is 17.5. The first kappa shape index (κ1) is 16.7. The Hall–Kier alpha value is -2.14. The van der Waals surface area contributed by atoms with Gasteiger partial charge in [-0.1, -0.05) is 38.1 Å². The first-order valence-corrected chi connectivity index (χ1v) is 8.47. The van der Waals surface area contributed by atoms with Crippen LogP contribution in [0, 0.1) is 0 Å². The molecule has 0 radical (unpaired) electrons. The number of hydrogen-bond acceptors (Lipinski definition) is 4. The molecule has 1 aliphatic rings.